The van der Waals surface area contributed by atoms with E-state index in [-0.39, 0.29) is 0 Å². The van der Waals surface area contributed by atoms with Crippen molar-refractivity contribution in [3.8, 4) is 0 Å². The van der Waals surface area contributed by atoms with Crippen molar-refractivity contribution in [2.24, 2.45) is 17.1 Å². The van der Waals surface area contributed by atoms with Crippen LogP contribution >= 0.6 is 0 Å². The molecule has 0 bridgehead atoms. The Balaban J connectivity index is 2.26. The Labute approximate surface area is 130 Å². The second kappa shape index (κ2) is 6.39. The molecular weight excluding hydrogens is 256 g/mol. The fourth-order valence-corrected chi connectivity index (χ4v) is 3.78. The van der Waals surface area contributed by atoms with Crippen molar-refractivity contribution in [3.05, 3.63) is 29.8 Å². The highest BCUT2D eigenvalue weighted by atomic mass is 15.2. The highest BCUT2D eigenvalue weighted by Gasteiger charge is 2.37. The van der Waals surface area contributed by atoms with Gasteiger partial charge in [-0.25, -0.2) is 0 Å². The van der Waals surface area contributed by atoms with Crippen molar-refractivity contribution in [2.45, 2.75) is 66.0 Å². The van der Waals surface area contributed by atoms with Crippen LogP contribution in [0.5, 0.6) is 0 Å². The zero-order chi connectivity index (χ0) is 15.6. The summed E-state index contributed by atoms with van der Waals surface area (Å²) in [5.74, 6) is 0.764. The Bertz CT molecular complexity index is 461. The molecule has 1 aromatic rings. The summed E-state index contributed by atoms with van der Waals surface area (Å²) in [6, 6.07) is 9.46. The largest absolute Gasteiger partial charge is 0.367 e. The van der Waals surface area contributed by atoms with Crippen LogP contribution < -0.4 is 10.6 Å². The summed E-state index contributed by atoms with van der Waals surface area (Å²) in [4.78, 5) is 2.54. The van der Waals surface area contributed by atoms with Crippen LogP contribution in [0.25, 0.3) is 0 Å². The molecule has 2 nitrogen and oxygen atoms in total. The zero-order valence-electron chi connectivity index (χ0n) is 14.4. The molecule has 0 saturated heterocycles. The SMILES string of the molecule is CCN(c1ccccc1C)C1CC(C(C)(C)C)CCC1N. The number of para-hydroxylation sites is 1. The monoisotopic (exact) mass is 288 g/mol. The minimum absolute atomic E-state index is 0.295. The van der Waals surface area contributed by atoms with Crippen LogP contribution in [0.2, 0.25) is 0 Å². The number of likely N-dealkylation sites (N-methyl/N-ethyl adjacent to an activating group) is 1. The van der Waals surface area contributed by atoms with Crippen molar-refractivity contribution in [1.82, 2.24) is 0 Å². The molecule has 0 heterocycles. The maximum absolute atomic E-state index is 6.51. The van der Waals surface area contributed by atoms with Gasteiger partial charge in [-0.2, -0.15) is 0 Å². The van der Waals surface area contributed by atoms with Gasteiger partial charge in [0.1, 0.15) is 0 Å². The Morgan fingerprint density at radius 1 is 1.19 bits per heavy atom. The quantitative estimate of drug-likeness (QED) is 0.895. The molecule has 1 fully saturated rings. The zero-order valence-corrected chi connectivity index (χ0v) is 14.4. The first-order valence-corrected chi connectivity index (χ1v) is 8.42. The molecule has 1 aliphatic carbocycles. The van der Waals surface area contributed by atoms with Crippen LogP contribution in [-0.2, 0) is 0 Å². The molecule has 1 aliphatic rings. The summed E-state index contributed by atoms with van der Waals surface area (Å²) in [5, 5.41) is 0. The van der Waals surface area contributed by atoms with Crippen LogP contribution in [0.3, 0.4) is 0 Å². The molecule has 2 rings (SSSR count). The number of benzene rings is 1. The van der Waals surface area contributed by atoms with Gasteiger partial charge in [0.15, 0.2) is 0 Å². The lowest BCUT2D eigenvalue weighted by Gasteiger charge is -2.46. The first kappa shape index (κ1) is 16.4. The Morgan fingerprint density at radius 2 is 1.86 bits per heavy atom. The molecule has 0 radical (unpaired) electrons. The molecule has 3 unspecified atom stereocenters. The van der Waals surface area contributed by atoms with Crippen molar-refractivity contribution in [2.75, 3.05) is 11.4 Å². The van der Waals surface area contributed by atoms with E-state index in [4.69, 9.17) is 5.73 Å². The molecule has 1 aromatic carbocycles. The Hall–Kier alpha value is -1.02. The first-order chi connectivity index (χ1) is 9.84. The Morgan fingerprint density at radius 3 is 2.43 bits per heavy atom. The Kier molecular flexibility index (Phi) is 4.98. The van der Waals surface area contributed by atoms with Crippen LogP contribution in [-0.4, -0.2) is 18.6 Å². The fourth-order valence-electron chi connectivity index (χ4n) is 3.78. The number of hydrogen-bond acceptors (Lipinski definition) is 2. The molecule has 0 amide bonds. The van der Waals surface area contributed by atoms with Gasteiger partial charge in [0.05, 0.1) is 0 Å². The highest BCUT2D eigenvalue weighted by Crippen LogP contribution is 2.40. The van der Waals surface area contributed by atoms with Gasteiger partial charge < -0.3 is 10.6 Å². The van der Waals surface area contributed by atoms with E-state index in [1.807, 2.05) is 0 Å². The molecular formula is C19H32N2. The molecule has 1 saturated carbocycles. The highest BCUT2D eigenvalue weighted by molar-refractivity contribution is 5.54. The summed E-state index contributed by atoms with van der Waals surface area (Å²) < 4.78 is 0. The number of hydrogen-bond donors (Lipinski definition) is 1. The maximum atomic E-state index is 6.51. The van der Waals surface area contributed by atoms with Gasteiger partial charge >= 0.3 is 0 Å². The predicted molar refractivity (Wildman–Crippen MR) is 92.8 cm³/mol. The minimum Gasteiger partial charge on any atom is -0.367 e. The van der Waals surface area contributed by atoms with E-state index >= 15 is 0 Å². The molecule has 0 aromatic heterocycles. The van der Waals surface area contributed by atoms with Gasteiger partial charge in [-0.3, -0.25) is 0 Å². The lowest BCUT2D eigenvalue weighted by molar-refractivity contribution is 0.152. The number of rotatable bonds is 3. The summed E-state index contributed by atoms with van der Waals surface area (Å²) in [7, 11) is 0. The van der Waals surface area contributed by atoms with Crippen molar-refractivity contribution < 1.29 is 0 Å². The fraction of sp³-hybridized carbons (Fsp3) is 0.684. The van der Waals surface area contributed by atoms with E-state index in [1.54, 1.807) is 0 Å². The summed E-state index contributed by atoms with van der Waals surface area (Å²) in [5.41, 5.74) is 9.59. The van der Waals surface area contributed by atoms with Crippen LogP contribution in [0.1, 0.15) is 52.5 Å². The van der Waals surface area contributed by atoms with E-state index in [9.17, 15) is 0 Å². The predicted octanol–water partition coefficient (Wildman–Crippen LogP) is 4.36. The summed E-state index contributed by atoms with van der Waals surface area (Å²) in [6.07, 6.45) is 3.63. The first-order valence-electron chi connectivity index (χ1n) is 8.42. The van der Waals surface area contributed by atoms with Gasteiger partial charge in [0.25, 0.3) is 0 Å². The van der Waals surface area contributed by atoms with Crippen molar-refractivity contribution >= 4 is 5.69 Å². The molecule has 3 atom stereocenters. The third kappa shape index (κ3) is 3.60. The lowest BCUT2D eigenvalue weighted by Crippen LogP contribution is -2.53. The minimum atomic E-state index is 0.295. The second-order valence-corrected chi connectivity index (χ2v) is 7.68. The molecule has 2 heteroatoms. The average molecular weight is 288 g/mol. The summed E-state index contributed by atoms with van der Waals surface area (Å²) >= 11 is 0. The van der Waals surface area contributed by atoms with Crippen LogP contribution in [0, 0.1) is 18.3 Å². The smallest absolute Gasteiger partial charge is 0.0443 e. The van der Waals surface area contributed by atoms with Gasteiger partial charge in [0.2, 0.25) is 0 Å². The molecule has 0 spiro atoms. The number of aryl methyl sites for hydroxylation is 1. The van der Waals surface area contributed by atoms with E-state index in [2.05, 4.69) is 63.8 Å². The van der Waals surface area contributed by atoms with Crippen molar-refractivity contribution in [3.63, 3.8) is 0 Å². The lowest BCUT2D eigenvalue weighted by atomic mass is 9.69. The van der Waals surface area contributed by atoms with E-state index in [0.29, 0.717) is 17.5 Å². The van der Waals surface area contributed by atoms with Gasteiger partial charge in [-0.1, -0.05) is 39.0 Å². The molecule has 21 heavy (non-hydrogen) atoms. The van der Waals surface area contributed by atoms with Crippen LogP contribution in [0.15, 0.2) is 24.3 Å². The molecule has 2 N–H and O–H groups in total. The number of nitrogens with two attached hydrogens (primary N) is 1. The number of anilines is 1. The van der Waals surface area contributed by atoms with E-state index in [1.165, 1.54) is 24.1 Å². The standard InChI is InChI=1S/C19H32N2/c1-6-21(17-10-8-7-9-14(17)2)18-13-15(19(3,4)5)11-12-16(18)20/h7-10,15-16,18H,6,11-13,20H2,1-5H3. The molecule has 118 valence electrons. The van der Waals surface area contributed by atoms with E-state index < -0.39 is 0 Å². The van der Waals surface area contributed by atoms with Crippen molar-refractivity contribution in [1.29, 1.82) is 0 Å². The normalized spacial score (nSPS) is 26.7. The van der Waals surface area contributed by atoms with Crippen LogP contribution in [0.4, 0.5) is 5.69 Å². The number of nitrogens with zero attached hydrogens (tertiary/aromatic N) is 1. The van der Waals surface area contributed by atoms with Gasteiger partial charge in [-0.15, -0.1) is 0 Å². The van der Waals surface area contributed by atoms with Gasteiger partial charge in [-0.05, 0) is 56.1 Å². The maximum Gasteiger partial charge on any atom is 0.0443 e. The average Bonchev–Trinajstić information content (AvgIpc) is 2.42. The topological polar surface area (TPSA) is 29.3 Å². The molecule has 0 aliphatic heterocycles. The van der Waals surface area contributed by atoms with E-state index in [0.717, 1.165) is 18.9 Å². The second-order valence-electron chi connectivity index (χ2n) is 7.68. The van der Waals surface area contributed by atoms with Gasteiger partial charge in [0, 0.05) is 24.3 Å². The third-order valence-corrected chi connectivity index (χ3v) is 5.26. The summed E-state index contributed by atoms with van der Waals surface area (Å²) in [6.45, 7) is 12.6. The third-order valence-electron chi connectivity index (χ3n) is 5.26.